The third kappa shape index (κ3) is 2.08. The molecular weight excluding hydrogens is 242 g/mol. The van der Waals surface area contributed by atoms with Gasteiger partial charge in [0.15, 0.2) is 11.6 Å². The Morgan fingerprint density at radius 2 is 2.17 bits per heavy atom. The molecule has 1 aliphatic heterocycles. The van der Waals surface area contributed by atoms with Gasteiger partial charge in [0.05, 0.1) is 26.4 Å². The molecule has 0 saturated carbocycles. The normalized spacial score (nSPS) is 27.5. The molecule has 3 nitrogen and oxygen atoms in total. The van der Waals surface area contributed by atoms with Gasteiger partial charge in [0, 0.05) is 11.5 Å². The van der Waals surface area contributed by atoms with E-state index in [2.05, 4.69) is 0 Å². The first-order chi connectivity index (χ1) is 8.60. The van der Waals surface area contributed by atoms with Gasteiger partial charge in [-0.05, 0) is 12.0 Å². The Bertz CT molecular complexity index is 436. The summed E-state index contributed by atoms with van der Waals surface area (Å²) in [6.45, 7) is 2.27. The largest absolute Gasteiger partial charge is 0.493 e. The van der Waals surface area contributed by atoms with Crippen LogP contribution in [0.1, 0.15) is 18.4 Å². The van der Waals surface area contributed by atoms with Gasteiger partial charge in [-0.2, -0.15) is 4.39 Å². The van der Waals surface area contributed by atoms with Crippen molar-refractivity contribution >= 4 is 0 Å². The molecule has 0 spiro atoms. The van der Waals surface area contributed by atoms with Gasteiger partial charge in [-0.1, -0.05) is 13.0 Å². The van der Waals surface area contributed by atoms with Crippen molar-refractivity contribution in [3.05, 3.63) is 29.3 Å². The number of rotatable bonds is 3. The van der Waals surface area contributed by atoms with E-state index >= 15 is 0 Å². The summed E-state index contributed by atoms with van der Waals surface area (Å²) in [6, 6.07) is 2.57. The van der Waals surface area contributed by atoms with Gasteiger partial charge in [0.1, 0.15) is 0 Å². The van der Waals surface area contributed by atoms with Crippen molar-refractivity contribution in [1.29, 1.82) is 0 Å². The number of methoxy groups -OCH3 is 1. The Labute approximate surface area is 104 Å². The lowest BCUT2D eigenvalue weighted by Crippen LogP contribution is -2.22. The van der Waals surface area contributed by atoms with Crippen LogP contribution in [0.2, 0.25) is 0 Å². The number of benzene rings is 1. The second kappa shape index (κ2) is 5.20. The monoisotopic (exact) mass is 258 g/mol. The molecule has 1 fully saturated rings. The van der Waals surface area contributed by atoms with E-state index in [1.54, 1.807) is 0 Å². The molecule has 1 saturated heterocycles. The zero-order chi connectivity index (χ0) is 13.3. The van der Waals surface area contributed by atoms with Gasteiger partial charge >= 0.3 is 0 Å². The maximum Gasteiger partial charge on any atom is 0.200 e. The van der Waals surface area contributed by atoms with E-state index in [4.69, 9.17) is 9.47 Å². The van der Waals surface area contributed by atoms with E-state index in [1.807, 2.05) is 6.92 Å². The summed E-state index contributed by atoms with van der Waals surface area (Å²) >= 11 is 0. The van der Waals surface area contributed by atoms with Gasteiger partial charge in [-0.3, -0.25) is 0 Å². The minimum atomic E-state index is -0.995. The first-order valence-corrected chi connectivity index (χ1v) is 5.84. The number of ether oxygens (including phenoxy) is 2. The quantitative estimate of drug-likeness (QED) is 0.902. The van der Waals surface area contributed by atoms with Crippen molar-refractivity contribution < 1.29 is 23.4 Å². The van der Waals surface area contributed by atoms with Crippen LogP contribution in [0.3, 0.4) is 0 Å². The molecule has 3 atom stereocenters. The van der Waals surface area contributed by atoms with Crippen LogP contribution in [0, 0.1) is 17.6 Å². The van der Waals surface area contributed by atoms with Crippen LogP contribution >= 0.6 is 0 Å². The summed E-state index contributed by atoms with van der Waals surface area (Å²) in [5, 5.41) is 9.27. The number of halogens is 2. The topological polar surface area (TPSA) is 38.7 Å². The molecule has 100 valence electrons. The molecule has 0 bridgehead atoms. The highest BCUT2D eigenvalue weighted by Crippen LogP contribution is 2.41. The van der Waals surface area contributed by atoms with Crippen molar-refractivity contribution in [2.75, 3.05) is 20.3 Å². The molecular formula is C13H16F2O3. The standard InChI is InChI=1S/C13H16F2O3/c1-7-6-18-10(5-16)11(7)8-3-4-9(14)12(15)13(8)17-2/h3-4,7,10-11,16H,5-6H2,1-2H3/t7-,10-,11+/m1/s1. The van der Waals surface area contributed by atoms with Gasteiger partial charge in [0.2, 0.25) is 5.82 Å². The zero-order valence-corrected chi connectivity index (χ0v) is 10.3. The average molecular weight is 258 g/mol. The lowest BCUT2D eigenvalue weighted by molar-refractivity contribution is 0.0509. The van der Waals surface area contributed by atoms with Crippen LogP contribution in [-0.2, 0) is 4.74 Å². The van der Waals surface area contributed by atoms with Crippen LogP contribution in [0.5, 0.6) is 5.75 Å². The molecule has 2 rings (SSSR count). The fraction of sp³-hybridized carbons (Fsp3) is 0.538. The highest BCUT2D eigenvalue weighted by Gasteiger charge is 2.37. The first kappa shape index (κ1) is 13.2. The molecule has 0 aromatic heterocycles. The lowest BCUT2D eigenvalue weighted by Gasteiger charge is -2.22. The molecule has 0 aliphatic carbocycles. The van der Waals surface area contributed by atoms with Crippen LogP contribution < -0.4 is 4.74 Å². The van der Waals surface area contributed by atoms with E-state index in [-0.39, 0.29) is 24.2 Å². The molecule has 1 aromatic carbocycles. The maximum atomic E-state index is 13.7. The molecule has 1 aliphatic rings. The summed E-state index contributed by atoms with van der Waals surface area (Å²) in [5.41, 5.74) is 0.542. The van der Waals surface area contributed by atoms with Crippen LogP contribution in [0.4, 0.5) is 8.78 Å². The lowest BCUT2D eigenvalue weighted by atomic mass is 9.85. The van der Waals surface area contributed by atoms with Crippen LogP contribution in [0.25, 0.3) is 0 Å². The zero-order valence-electron chi connectivity index (χ0n) is 10.3. The smallest absolute Gasteiger partial charge is 0.200 e. The second-order valence-electron chi connectivity index (χ2n) is 4.54. The summed E-state index contributed by atoms with van der Waals surface area (Å²) in [7, 11) is 1.30. The van der Waals surface area contributed by atoms with Crippen molar-refractivity contribution in [1.82, 2.24) is 0 Å². The maximum absolute atomic E-state index is 13.7. The molecule has 0 unspecified atom stereocenters. The van der Waals surface area contributed by atoms with E-state index in [1.165, 1.54) is 13.2 Å². The van der Waals surface area contributed by atoms with Crippen molar-refractivity contribution in [3.8, 4) is 5.75 Å². The summed E-state index contributed by atoms with van der Waals surface area (Å²) in [5.74, 6) is -2.12. The van der Waals surface area contributed by atoms with Gasteiger partial charge < -0.3 is 14.6 Å². The Morgan fingerprint density at radius 3 is 2.78 bits per heavy atom. The van der Waals surface area contributed by atoms with Gasteiger partial charge in [0.25, 0.3) is 0 Å². The van der Waals surface area contributed by atoms with E-state index in [0.29, 0.717) is 12.2 Å². The van der Waals surface area contributed by atoms with Gasteiger partial charge in [-0.25, -0.2) is 4.39 Å². The third-order valence-electron chi connectivity index (χ3n) is 3.41. The highest BCUT2D eigenvalue weighted by atomic mass is 19.2. The van der Waals surface area contributed by atoms with E-state index in [0.717, 1.165) is 6.07 Å². The highest BCUT2D eigenvalue weighted by molar-refractivity contribution is 5.40. The molecule has 1 N–H and O–H groups in total. The van der Waals surface area contributed by atoms with Crippen molar-refractivity contribution in [3.63, 3.8) is 0 Å². The first-order valence-electron chi connectivity index (χ1n) is 5.84. The molecule has 5 heteroatoms. The van der Waals surface area contributed by atoms with E-state index in [9.17, 15) is 13.9 Å². The SMILES string of the molecule is COc1c([C@@H]2[C@H](C)CO[C@@H]2CO)ccc(F)c1F. The number of hydrogen-bond acceptors (Lipinski definition) is 3. The third-order valence-corrected chi connectivity index (χ3v) is 3.41. The minimum Gasteiger partial charge on any atom is -0.493 e. The van der Waals surface area contributed by atoms with Crippen LogP contribution in [0.15, 0.2) is 12.1 Å². The second-order valence-corrected chi connectivity index (χ2v) is 4.54. The number of aliphatic hydroxyl groups excluding tert-OH is 1. The molecule has 0 radical (unpaired) electrons. The van der Waals surface area contributed by atoms with Gasteiger partial charge in [-0.15, -0.1) is 0 Å². The Balaban J connectivity index is 2.46. The fourth-order valence-electron chi connectivity index (χ4n) is 2.54. The van der Waals surface area contributed by atoms with Crippen molar-refractivity contribution in [2.24, 2.45) is 5.92 Å². The summed E-state index contributed by atoms with van der Waals surface area (Å²) in [6.07, 6.45) is -0.404. The molecule has 0 amide bonds. The predicted molar refractivity (Wildman–Crippen MR) is 61.6 cm³/mol. The molecule has 1 aromatic rings. The Morgan fingerprint density at radius 1 is 1.44 bits per heavy atom. The van der Waals surface area contributed by atoms with Crippen molar-refractivity contribution in [2.45, 2.75) is 18.9 Å². The number of hydrogen-bond donors (Lipinski definition) is 1. The van der Waals surface area contributed by atoms with E-state index < -0.39 is 17.7 Å². The Hall–Kier alpha value is -1.20. The predicted octanol–water partition coefficient (Wildman–Crippen LogP) is 2.08. The molecule has 18 heavy (non-hydrogen) atoms. The minimum absolute atomic E-state index is 0.101. The Kier molecular flexibility index (Phi) is 3.82. The summed E-state index contributed by atoms with van der Waals surface area (Å²) in [4.78, 5) is 0. The average Bonchev–Trinajstić information content (AvgIpc) is 2.73. The molecule has 1 heterocycles. The summed E-state index contributed by atoms with van der Waals surface area (Å²) < 4.78 is 37.2. The fourth-order valence-corrected chi connectivity index (χ4v) is 2.54. The van der Waals surface area contributed by atoms with Crippen LogP contribution in [-0.4, -0.2) is 31.5 Å². The number of aliphatic hydroxyl groups is 1.